The topological polar surface area (TPSA) is 26.3 Å². The Balaban J connectivity index is 2.60. The summed E-state index contributed by atoms with van der Waals surface area (Å²) in [5.41, 5.74) is 0.918. The summed E-state index contributed by atoms with van der Waals surface area (Å²) in [5, 5.41) is 0.971. The molecule has 0 aromatic heterocycles. The maximum Gasteiger partial charge on any atom is 0.325 e. The molecule has 1 aromatic carbocycles. The van der Waals surface area contributed by atoms with Crippen LogP contribution >= 0.6 is 35.1 Å². The van der Waals surface area contributed by atoms with Gasteiger partial charge in [-0.05, 0) is 24.1 Å². The van der Waals surface area contributed by atoms with Crippen molar-refractivity contribution in [1.29, 1.82) is 0 Å². The molecule has 0 aliphatic carbocycles. The number of carbonyl (C=O) groups excluding carboxylic acids is 1. The quantitative estimate of drug-likeness (QED) is 0.822. The van der Waals surface area contributed by atoms with Crippen LogP contribution in [0.25, 0.3) is 0 Å². The van der Waals surface area contributed by atoms with Gasteiger partial charge in [-0.15, -0.1) is 0 Å². The Bertz CT molecular complexity index is 339. The first-order valence-corrected chi connectivity index (χ1v) is 4.95. The van der Waals surface area contributed by atoms with Crippen LogP contribution in [0.5, 0.6) is 0 Å². The summed E-state index contributed by atoms with van der Waals surface area (Å²) in [5.74, 6) is -0.460. The summed E-state index contributed by atoms with van der Waals surface area (Å²) >= 11 is 16.4. The normalized spacial score (nSPS) is 9.93. The average molecular weight is 254 g/mol. The summed E-state index contributed by atoms with van der Waals surface area (Å²) in [6.07, 6.45) is 0.754. The van der Waals surface area contributed by atoms with Crippen LogP contribution in [-0.4, -0.2) is 5.97 Å². The highest BCUT2D eigenvalue weighted by Gasteiger charge is 2.04. The molecule has 0 heterocycles. The number of halogens is 3. The third-order valence-electron chi connectivity index (χ3n) is 1.69. The molecule has 76 valence electrons. The van der Waals surface area contributed by atoms with Crippen molar-refractivity contribution in [3.05, 3.63) is 33.8 Å². The highest BCUT2D eigenvalue weighted by Crippen LogP contribution is 2.23. The van der Waals surface area contributed by atoms with Gasteiger partial charge in [-0.25, -0.2) is 0 Å². The van der Waals surface area contributed by atoms with Gasteiger partial charge in [-0.1, -0.05) is 29.3 Å². The van der Waals surface area contributed by atoms with Gasteiger partial charge in [0.05, 0.1) is 16.5 Å². The zero-order valence-electron chi connectivity index (χ0n) is 7.10. The SMILES string of the molecule is O=C(CCc1ccc(Cl)c(Cl)c1)OCl. The van der Waals surface area contributed by atoms with Crippen LogP contribution in [-0.2, 0) is 15.5 Å². The van der Waals surface area contributed by atoms with Crippen molar-refractivity contribution in [2.45, 2.75) is 12.8 Å². The minimum atomic E-state index is -0.460. The van der Waals surface area contributed by atoms with Crippen molar-refractivity contribution in [2.24, 2.45) is 0 Å². The van der Waals surface area contributed by atoms with Crippen molar-refractivity contribution >= 4 is 41.0 Å². The standard InChI is InChI=1S/C9H7Cl3O2/c10-7-3-1-6(5-8(7)11)2-4-9(13)14-12/h1,3,5H,2,4H2. The largest absolute Gasteiger partial charge is 0.348 e. The molecule has 0 aliphatic heterocycles. The maximum atomic E-state index is 10.7. The molecule has 0 bridgehead atoms. The molecule has 0 saturated heterocycles. The second kappa shape index (κ2) is 5.44. The van der Waals surface area contributed by atoms with Crippen molar-refractivity contribution < 1.29 is 9.08 Å². The molecular formula is C9H7Cl3O2. The Kier molecular flexibility index (Phi) is 4.52. The van der Waals surface area contributed by atoms with E-state index < -0.39 is 5.97 Å². The van der Waals surface area contributed by atoms with Gasteiger partial charge in [0.15, 0.2) is 0 Å². The van der Waals surface area contributed by atoms with Crippen LogP contribution in [0.1, 0.15) is 12.0 Å². The van der Waals surface area contributed by atoms with Crippen molar-refractivity contribution in [3.63, 3.8) is 0 Å². The van der Waals surface area contributed by atoms with Crippen LogP contribution in [0.2, 0.25) is 10.0 Å². The number of hydrogen-bond donors (Lipinski definition) is 0. The Morgan fingerprint density at radius 2 is 2.00 bits per heavy atom. The molecule has 0 N–H and O–H groups in total. The first-order chi connectivity index (χ1) is 6.63. The summed E-state index contributed by atoms with van der Waals surface area (Å²) in [6.45, 7) is 0. The van der Waals surface area contributed by atoms with E-state index in [0.717, 1.165) is 5.56 Å². The monoisotopic (exact) mass is 252 g/mol. The van der Waals surface area contributed by atoms with E-state index in [2.05, 4.69) is 4.29 Å². The molecule has 0 spiro atoms. The lowest BCUT2D eigenvalue weighted by molar-refractivity contribution is -0.133. The lowest BCUT2D eigenvalue weighted by Gasteiger charge is -2.01. The number of hydrogen-bond acceptors (Lipinski definition) is 2. The van der Waals surface area contributed by atoms with Gasteiger partial charge in [-0.3, -0.25) is 4.79 Å². The van der Waals surface area contributed by atoms with Gasteiger partial charge in [0.1, 0.15) is 11.9 Å². The fourth-order valence-corrected chi connectivity index (χ4v) is 1.38. The van der Waals surface area contributed by atoms with E-state index in [1.807, 2.05) is 0 Å². The van der Waals surface area contributed by atoms with Crippen LogP contribution in [0, 0.1) is 0 Å². The second-order valence-corrected chi connectivity index (χ2v) is 3.67. The van der Waals surface area contributed by atoms with Crippen molar-refractivity contribution in [3.8, 4) is 0 Å². The zero-order valence-corrected chi connectivity index (χ0v) is 9.36. The molecular weight excluding hydrogens is 246 g/mol. The number of benzene rings is 1. The summed E-state index contributed by atoms with van der Waals surface area (Å²) in [4.78, 5) is 10.7. The fraction of sp³-hybridized carbons (Fsp3) is 0.222. The Labute approximate surface area is 96.9 Å². The maximum absolute atomic E-state index is 10.7. The number of aryl methyl sites for hydroxylation is 1. The minimum absolute atomic E-state index is 0.224. The van der Waals surface area contributed by atoms with E-state index in [0.29, 0.717) is 16.5 Å². The van der Waals surface area contributed by atoms with Gasteiger partial charge in [0, 0.05) is 0 Å². The third-order valence-corrected chi connectivity index (χ3v) is 2.60. The Morgan fingerprint density at radius 3 is 2.57 bits per heavy atom. The molecule has 0 radical (unpaired) electrons. The predicted molar refractivity (Wildman–Crippen MR) is 56.7 cm³/mol. The van der Waals surface area contributed by atoms with Crippen LogP contribution < -0.4 is 0 Å². The van der Waals surface area contributed by atoms with Gasteiger partial charge in [-0.2, -0.15) is 0 Å². The van der Waals surface area contributed by atoms with Crippen LogP contribution in [0.15, 0.2) is 18.2 Å². The molecule has 0 unspecified atom stereocenters. The van der Waals surface area contributed by atoms with Gasteiger partial charge in [0.25, 0.3) is 0 Å². The molecule has 0 saturated carbocycles. The molecule has 2 nitrogen and oxygen atoms in total. The van der Waals surface area contributed by atoms with Gasteiger partial charge < -0.3 is 4.29 Å². The molecule has 0 fully saturated rings. The second-order valence-electron chi connectivity index (χ2n) is 2.70. The smallest absolute Gasteiger partial charge is 0.325 e. The van der Waals surface area contributed by atoms with E-state index in [1.165, 1.54) is 0 Å². The van der Waals surface area contributed by atoms with Crippen molar-refractivity contribution in [2.75, 3.05) is 0 Å². The third kappa shape index (κ3) is 3.37. The van der Waals surface area contributed by atoms with E-state index >= 15 is 0 Å². The Morgan fingerprint density at radius 1 is 1.29 bits per heavy atom. The summed E-state index contributed by atoms with van der Waals surface area (Å²) in [6, 6.07) is 5.20. The lowest BCUT2D eigenvalue weighted by Crippen LogP contribution is -1.98. The Hall–Kier alpha value is -0.440. The van der Waals surface area contributed by atoms with E-state index in [4.69, 9.17) is 35.1 Å². The van der Waals surface area contributed by atoms with E-state index in [9.17, 15) is 4.79 Å². The van der Waals surface area contributed by atoms with E-state index in [-0.39, 0.29) is 6.42 Å². The molecule has 5 heteroatoms. The van der Waals surface area contributed by atoms with Crippen LogP contribution in [0.3, 0.4) is 0 Å². The van der Waals surface area contributed by atoms with Crippen LogP contribution in [0.4, 0.5) is 0 Å². The highest BCUT2D eigenvalue weighted by molar-refractivity contribution is 6.42. The fourth-order valence-electron chi connectivity index (χ4n) is 0.980. The average Bonchev–Trinajstić information content (AvgIpc) is 2.19. The predicted octanol–water partition coefficient (Wildman–Crippen LogP) is 3.62. The number of carbonyl (C=O) groups is 1. The summed E-state index contributed by atoms with van der Waals surface area (Å²) in [7, 11) is 0. The zero-order chi connectivity index (χ0) is 10.6. The molecule has 0 atom stereocenters. The minimum Gasteiger partial charge on any atom is -0.348 e. The molecule has 1 rings (SSSR count). The summed E-state index contributed by atoms with van der Waals surface area (Å²) < 4.78 is 4.00. The first kappa shape index (κ1) is 11.6. The van der Waals surface area contributed by atoms with Gasteiger partial charge in [0.2, 0.25) is 0 Å². The van der Waals surface area contributed by atoms with Crippen molar-refractivity contribution in [1.82, 2.24) is 0 Å². The molecule has 0 amide bonds. The molecule has 0 aliphatic rings. The highest BCUT2D eigenvalue weighted by atomic mass is 35.5. The molecule has 1 aromatic rings. The first-order valence-electron chi connectivity index (χ1n) is 3.89. The van der Waals surface area contributed by atoms with E-state index in [1.54, 1.807) is 18.2 Å². The number of rotatable bonds is 3. The lowest BCUT2D eigenvalue weighted by atomic mass is 10.1. The molecule has 14 heavy (non-hydrogen) atoms. The van der Waals surface area contributed by atoms with Gasteiger partial charge >= 0.3 is 5.97 Å².